The van der Waals surface area contributed by atoms with Crippen LogP contribution in [0.15, 0.2) is 42.5 Å². The minimum absolute atomic E-state index is 0.0480. The lowest BCUT2D eigenvalue weighted by atomic mass is 9.72. The highest BCUT2D eigenvalue weighted by Gasteiger charge is 2.54. The van der Waals surface area contributed by atoms with E-state index in [1.165, 1.54) is 0 Å². The van der Waals surface area contributed by atoms with E-state index in [4.69, 9.17) is 9.92 Å². The first kappa shape index (κ1) is 25.9. The number of carbonyl (C=O) groups is 1. The van der Waals surface area contributed by atoms with Gasteiger partial charge in [0.05, 0.1) is 0 Å². The van der Waals surface area contributed by atoms with E-state index in [1.807, 2.05) is 19.9 Å². The van der Waals surface area contributed by atoms with E-state index in [-0.39, 0.29) is 17.8 Å². The summed E-state index contributed by atoms with van der Waals surface area (Å²) >= 11 is 0. The molecule has 0 heterocycles. The summed E-state index contributed by atoms with van der Waals surface area (Å²) in [6.45, 7) is 16.2. The van der Waals surface area contributed by atoms with Gasteiger partial charge in [-0.25, -0.2) is 4.79 Å². The van der Waals surface area contributed by atoms with Crippen LogP contribution in [0.1, 0.15) is 101 Å². The zero-order valence-corrected chi connectivity index (χ0v) is 21.3. The molecule has 0 saturated carbocycles. The van der Waals surface area contributed by atoms with Crippen molar-refractivity contribution < 1.29 is 17.4 Å². The maximum atomic E-state index is 14.0. The lowest BCUT2D eigenvalue weighted by Gasteiger charge is -2.41. The molecule has 1 amide bonds. The molecule has 2 aromatic rings. The van der Waals surface area contributed by atoms with E-state index in [9.17, 15) is 13.2 Å². The van der Waals surface area contributed by atoms with E-state index in [2.05, 4.69) is 53.7 Å². The summed E-state index contributed by atoms with van der Waals surface area (Å²) in [7, 11) is -4.51. The van der Waals surface area contributed by atoms with E-state index < -0.39 is 26.9 Å². The van der Waals surface area contributed by atoms with Gasteiger partial charge in [0.1, 0.15) is 0 Å². The van der Waals surface area contributed by atoms with Gasteiger partial charge in [0.25, 0.3) is 0 Å². The molecule has 2 rings (SSSR count). The third-order valence-corrected chi connectivity index (χ3v) is 8.19. The van der Waals surface area contributed by atoms with Crippen LogP contribution in [0.4, 0.5) is 4.79 Å². The Kier molecular flexibility index (Phi) is 7.82. The van der Waals surface area contributed by atoms with Crippen molar-refractivity contribution in [2.24, 2.45) is 11.7 Å². The number of benzene rings is 2. The Morgan fingerprint density at radius 2 is 1.31 bits per heavy atom. The lowest BCUT2D eigenvalue weighted by Crippen LogP contribution is -2.46. The Hall–Kier alpha value is -2.34. The zero-order chi connectivity index (χ0) is 24.4. The highest BCUT2D eigenvalue weighted by atomic mass is 32.2. The highest BCUT2D eigenvalue weighted by Crippen LogP contribution is 2.50. The second kappa shape index (κ2) is 9.65. The first-order valence-corrected chi connectivity index (χ1v) is 12.6. The van der Waals surface area contributed by atoms with Crippen LogP contribution in [0, 0.1) is 5.92 Å². The van der Waals surface area contributed by atoms with E-state index in [0.717, 1.165) is 16.7 Å². The topological polar surface area (TPSA) is 86.5 Å². The molecule has 32 heavy (non-hydrogen) atoms. The molecule has 0 aliphatic heterocycles. The van der Waals surface area contributed by atoms with Crippen molar-refractivity contribution in [2.75, 3.05) is 0 Å². The molecule has 0 saturated heterocycles. The van der Waals surface area contributed by atoms with Gasteiger partial charge in [-0.1, -0.05) is 97.9 Å². The van der Waals surface area contributed by atoms with Gasteiger partial charge in [0.15, 0.2) is 4.75 Å². The number of amides is 1. The molecule has 0 aliphatic rings. The highest BCUT2D eigenvalue weighted by molar-refractivity contribution is 7.88. The van der Waals surface area contributed by atoms with Crippen molar-refractivity contribution in [3.63, 3.8) is 0 Å². The van der Waals surface area contributed by atoms with Crippen LogP contribution in [0.2, 0.25) is 0 Å². The molecule has 1 unspecified atom stereocenters. The SMILES string of the molecule is CC(C)c1cc(C(C)C)c(C(c2ccccc2)(C(C)C)S(=O)(=O)OC(N)=O)c(C(C)C)c1. The maximum absolute atomic E-state index is 14.0. The Bertz CT molecular complexity index is 1030. The summed E-state index contributed by atoms with van der Waals surface area (Å²) in [6.07, 6.45) is -1.33. The van der Waals surface area contributed by atoms with Crippen molar-refractivity contribution in [1.29, 1.82) is 0 Å². The molecule has 0 spiro atoms. The summed E-state index contributed by atoms with van der Waals surface area (Å²) in [4.78, 5) is 11.7. The number of nitrogens with two attached hydrogens (primary N) is 1. The average Bonchev–Trinajstić information content (AvgIpc) is 2.67. The van der Waals surface area contributed by atoms with Gasteiger partial charge < -0.3 is 9.92 Å². The summed E-state index contributed by atoms with van der Waals surface area (Å²) in [5, 5.41) is 0. The first-order valence-electron chi connectivity index (χ1n) is 11.2. The second-order valence-corrected chi connectivity index (χ2v) is 11.4. The van der Waals surface area contributed by atoms with Gasteiger partial charge in [-0.3, -0.25) is 0 Å². The van der Waals surface area contributed by atoms with Crippen LogP contribution in [0.5, 0.6) is 0 Å². The molecule has 0 fully saturated rings. The summed E-state index contributed by atoms with van der Waals surface area (Å²) in [5.41, 5.74) is 9.52. The monoisotopic (exact) mass is 459 g/mol. The molecule has 6 heteroatoms. The van der Waals surface area contributed by atoms with Crippen molar-refractivity contribution in [1.82, 2.24) is 0 Å². The zero-order valence-electron chi connectivity index (χ0n) is 20.5. The van der Waals surface area contributed by atoms with Crippen LogP contribution in [-0.4, -0.2) is 14.5 Å². The van der Waals surface area contributed by atoms with Crippen molar-refractivity contribution in [3.05, 3.63) is 70.3 Å². The number of rotatable bonds is 8. The van der Waals surface area contributed by atoms with Crippen LogP contribution in [0.3, 0.4) is 0 Å². The number of hydrogen-bond acceptors (Lipinski definition) is 4. The van der Waals surface area contributed by atoms with Crippen LogP contribution in [0.25, 0.3) is 0 Å². The third kappa shape index (κ3) is 4.56. The Balaban J connectivity index is 3.22. The smallest absolute Gasteiger partial charge is 0.334 e. The molecular formula is C26H37NO4S. The quantitative estimate of drug-likeness (QED) is 0.464. The molecule has 2 N–H and O–H groups in total. The van der Waals surface area contributed by atoms with Crippen molar-refractivity contribution in [3.8, 4) is 0 Å². The summed E-state index contributed by atoms with van der Waals surface area (Å²) < 4.78 is 31.2. The summed E-state index contributed by atoms with van der Waals surface area (Å²) in [6, 6.07) is 13.2. The van der Waals surface area contributed by atoms with Gasteiger partial charge in [0, 0.05) is 0 Å². The lowest BCUT2D eigenvalue weighted by molar-refractivity contribution is 0.209. The van der Waals surface area contributed by atoms with Crippen LogP contribution >= 0.6 is 0 Å². The normalized spacial score (nSPS) is 14.2. The number of carbonyl (C=O) groups excluding carboxylic acids is 1. The fourth-order valence-electron chi connectivity index (χ4n) is 4.57. The van der Waals surface area contributed by atoms with Crippen LogP contribution < -0.4 is 5.73 Å². The fraction of sp³-hybridized carbons (Fsp3) is 0.500. The van der Waals surface area contributed by atoms with E-state index in [1.54, 1.807) is 24.3 Å². The second-order valence-electron chi connectivity index (χ2n) is 9.65. The van der Waals surface area contributed by atoms with Gasteiger partial charge in [-0.15, -0.1) is 0 Å². The molecular weight excluding hydrogens is 422 g/mol. The maximum Gasteiger partial charge on any atom is 0.420 e. The average molecular weight is 460 g/mol. The van der Waals surface area contributed by atoms with Gasteiger partial charge >= 0.3 is 16.2 Å². The predicted molar refractivity (Wildman–Crippen MR) is 130 cm³/mol. The Labute approximate surface area is 193 Å². The molecule has 0 bridgehead atoms. The predicted octanol–water partition coefficient (Wildman–Crippen LogP) is 6.38. The Morgan fingerprint density at radius 3 is 1.66 bits per heavy atom. The van der Waals surface area contributed by atoms with Gasteiger partial charge in [-0.05, 0) is 51.5 Å². The fourth-order valence-corrected chi connectivity index (χ4v) is 6.40. The molecule has 1 atom stereocenters. The minimum atomic E-state index is -4.51. The molecule has 0 aliphatic carbocycles. The molecule has 176 valence electrons. The number of hydrogen-bond donors (Lipinski definition) is 1. The van der Waals surface area contributed by atoms with Gasteiger partial charge in [0.2, 0.25) is 0 Å². The standard InChI is InChI=1S/C26H37NO4S/c1-16(2)20-14-22(17(3)4)24(23(15-20)18(5)6)26(19(7)8,21-12-10-9-11-13-21)32(29,30)31-25(27)28/h9-19H,1-8H3,(H2,27,28). The van der Waals surface area contributed by atoms with Crippen molar-refractivity contribution in [2.45, 2.75) is 77.9 Å². The molecule has 2 aromatic carbocycles. The van der Waals surface area contributed by atoms with Gasteiger partial charge in [-0.2, -0.15) is 8.42 Å². The number of primary amides is 1. The first-order chi connectivity index (χ1) is 14.8. The molecule has 0 radical (unpaired) electrons. The third-order valence-electron chi connectivity index (χ3n) is 6.11. The van der Waals surface area contributed by atoms with E-state index >= 15 is 0 Å². The molecule has 0 aromatic heterocycles. The van der Waals surface area contributed by atoms with Crippen LogP contribution in [-0.2, 0) is 19.0 Å². The van der Waals surface area contributed by atoms with Crippen molar-refractivity contribution >= 4 is 16.2 Å². The largest absolute Gasteiger partial charge is 0.420 e. The minimum Gasteiger partial charge on any atom is -0.334 e. The van der Waals surface area contributed by atoms with E-state index in [0.29, 0.717) is 11.1 Å². The summed E-state index contributed by atoms with van der Waals surface area (Å²) in [5.74, 6) is -0.0736. The molecule has 5 nitrogen and oxygen atoms in total. The Morgan fingerprint density at radius 1 is 0.844 bits per heavy atom.